The summed E-state index contributed by atoms with van der Waals surface area (Å²) in [7, 11) is 1.60. The Hall–Kier alpha value is -2.75. The smallest absolute Gasteiger partial charge is 0.414 e. The van der Waals surface area contributed by atoms with Crippen LogP contribution in [0.2, 0.25) is 0 Å². The highest BCUT2D eigenvalue weighted by molar-refractivity contribution is 5.72. The third-order valence-electron chi connectivity index (χ3n) is 3.61. The molecular formula is C18H17NO3. The number of rotatable bonds is 3. The Labute approximate surface area is 129 Å². The molecule has 0 aliphatic carbocycles. The number of fused-ring (bicyclic) bond motifs is 1. The van der Waals surface area contributed by atoms with Gasteiger partial charge in [0.1, 0.15) is 12.4 Å². The van der Waals surface area contributed by atoms with Crippen LogP contribution in [0, 0.1) is 0 Å². The van der Waals surface area contributed by atoms with E-state index in [1.165, 1.54) is 0 Å². The van der Waals surface area contributed by atoms with Gasteiger partial charge < -0.3 is 9.47 Å². The van der Waals surface area contributed by atoms with Gasteiger partial charge in [0.25, 0.3) is 0 Å². The lowest BCUT2D eigenvalue weighted by Crippen LogP contribution is -2.28. The van der Waals surface area contributed by atoms with Crippen molar-refractivity contribution < 1.29 is 14.3 Å². The first-order valence-electron chi connectivity index (χ1n) is 7.09. The van der Waals surface area contributed by atoms with Gasteiger partial charge in [0.2, 0.25) is 0 Å². The molecule has 0 N–H and O–H groups in total. The molecule has 0 saturated heterocycles. The molecule has 1 aliphatic heterocycles. The molecule has 4 heteroatoms. The summed E-state index contributed by atoms with van der Waals surface area (Å²) in [5, 5.41) is 0. The van der Waals surface area contributed by atoms with E-state index in [0.29, 0.717) is 6.54 Å². The minimum atomic E-state index is -0.364. The third kappa shape index (κ3) is 2.96. The van der Waals surface area contributed by atoms with Crippen LogP contribution < -0.4 is 4.74 Å². The fourth-order valence-electron chi connectivity index (χ4n) is 2.42. The van der Waals surface area contributed by atoms with Crippen molar-refractivity contribution in [3.05, 3.63) is 71.4 Å². The van der Waals surface area contributed by atoms with Gasteiger partial charge in [-0.05, 0) is 23.3 Å². The van der Waals surface area contributed by atoms with Gasteiger partial charge in [0, 0.05) is 11.8 Å². The lowest BCUT2D eigenvalue weighted by atomic mass is 10.1. The van der Waals surface area contributed by atoms with E-state index in [-0.39, 0.29) is 12.7 Å². The topological polar surface area (TPSA) is 38.8 Å². The predicted octanol–water partition coefficient (Wildman–Crippen LogP) is 3.82. The van der Waals surface area contributed by atoms with Gasteiger partial charge in [0.05, 0.1) is 13.7 Å². The zero-order valence-corrected chi connectivity index (χ0v) is 12.4. The maximum Gasteiger partial charge on any atom is 0.414 e. The first kappa shape index (κ1) is 14.2. The van der Waals surface area contributed by atoms with Crippen molar-refractivity contribution in [3.63, 3.8) is 0 Å². The van der Waals surface area contributed by atoms with Crippen LogP contribution in [0.4, 0.5) is 4.79 Å². The Morgan fingerprint density at radius 2 is 1.91 bits per heavy atom. The summed E-state index contributed by atoms with van der Waals surface area (Å²) in [4.78, 5) is 13.8. The number of hydrogen-bond acceptors (Lipinski definition) is 3. The summed E-state index contributed by atoms with van der Waals surface area (Å²) in [6.45, 7) is 0.715. The summed E-state index contributed by atoms with van der Waals surface area (Å²) in [6.07, 6.45) is 3.31. The summed E-state index contributed by atoms with van der Waals surface area (Å²) < 4.78 is 10.6. The number of ether oxygens (including phenoxy) is 2. The molecule has 2 aromatic carbocycles. The molecule has 1 aliphatic rings. The zero-order chi connectivity index (χ0) is 15.4. The highest BCUT2D eigenvalue weighted by Gasteiger charge is 2.18. The van der Waals surface area contributed by atoms with Gasteiger partial charge in [-0.25, -0.2) is 4.79 Å². The quantitative estimate of drug-likeness (QED) is 0.864. The van der Waals surface area contributed by atoms with Gasteiger partial charge in [-0.3, -0.25) is 4.90 Å². The summed E-state index contributed by atoms with van der Waals surface area (Å²) in [5.41, 5.74) is 3.09. The first-order chi connectivity index (χ1) is 10.8. The Balaban J connectivity index is 1.64. The monoisotopic (exact) mass is 295 g/mol. The van der Waals surface area contributed by atoms with Crippen molar-refractivity contribution in [2.45, 2.75) is 13.2 Å². The van der Waals surface area contributed by atoms with Gasteiger partial charge in [-0.2, -0.15) is 0 Å². The highest BCUT2D eigenvalue weighted by Crippen LogP contribution is 2.21. The molecule has 4 nitrogen and oxygen atoms in total. The molecule has 0 unspecified atom stereocenters. The standard InChI is InChI=1S/C18H17NO3/c1-21-17-9-5-4-8-16(17)13-22-18(20)19-11-10-14-6-2-3-7-15(14)12-19/h2-11H,12-13H2,1H3. The fourth-order valence-corrected chi connectivity index (χ4v) is 2.42. The Morgan fingerprint density at radius 3 is 2.77 bits per heavy atom. The van der Waals surface area contributed by atoms with Crippen LogP contribution in [-0.2, 0) is 17.9 Å². The largest absolute Gasteiger partial charge is 0.496 e. The maximum atomic E-state index is 12.2. The van der Waals surface area contributed by atoms with Crippen LogP contribution in [0.3, 0.4) is 0 Å². The first-order valence-corrected chi connectivity index (χ1v) is 7.09. The van der Waals surface area contributed by atoms with E-state index in [0.717, 1.165) is 22.4 Å². The molecule has 0 atom stereocenters. The van der Waals surface area contributed by atoms with Crippen LogP contribution in [-0.4, -0.2) is 18.1 Å². The van der Waals surface area contributed by atoms with Crippen LogP contribution in [0.1, 0.15) is 16.7 Å². The van der Waals surface area contributed by atoms with Crippen LogP contribution in [0.5, 0.6) is 5.75 Å². The Bertz CT molecular complexity index is 709. The van der Waals surface area contributed by atoms with E-state index >= 15 is 0 Å². The van der Waals surface area contributed by atoms with E-state index in [4.69, 9.17) is 9.47 Å². The van der Waals surface area contributed by atoms with Crippen LogP contribution >= 0.6 is 0 Å². The number of carbonyl (C=O) groups is 1. The SMILES string of the molecule is COc1ccccc1COC(=O)N1C=Cc2ccccc2C1. The van der Waals surface area contributed by atoms with Gasteiger partial charge in [-0.15, -0.1) is 0 Å². The molecular weight excluding hydrogens is 278 g/mol. The van der Waals surface area contributed by atoms with E-state index in [9.17, 15) is 4.79 Å². The molecule has 0 bridgehead atoms. The second kappa shape index (κ2) is 6.35. The minimum Gasteiger partial charge on any atom is -0.496 e. The van der Waals surface area contributed by atoms with E-state index in [1.54, 1.807) is 18.2 Å². The van der Waals surface area contributed by atoms with E-state index in [2.05, 4.69) is 0 Å². The average molecular weight is 295 g/mol. The number of carbonyl (C=O) groups excluding carboxylic acids is 1. The molecule has 112 valence electrons. The van der Waals surface area contributed by atoms with Crippen LogP contribution in [0.25, 0.3) is 6.08 Å². The van der Waals surface area contributed by atoms with Crippen molar-refractivity contribution in [1.82, 2.24) is 4.90 Å². The summed E-state index contributed by atoms with van der Waals surface area (Å²) >= 11 is 0. The molecule has 1 heterocycles. The van der Waals surface area contributed by atoms with E-state index in [1.807, 2.05) is 54.6 Å². The Kier molecular flexibility index (Phi) is 4.10. The lowest BCUT2D eigenvalue weighted by molar-refractivity contribution is 0.108. The summed E-state index contributed by atoms with van der Waals surface area (Å²) in [6, 6.07) is 15.5. The molecule has 22 heavy (non-hydrogen) atoms. The van der Waals surface area contributed by atoms with Crippen molar-refractivity contribution in [1.29, 1.82) is 0 Å². The number of hydrogen-bond donors (Lipinski definition) is 0. The number of methoxy groups -OCH3 is 1. The number of amides is 1. The Morgan fingerprint density at radius 1 is 1.14 bits per heavy atom. The third-order valence-corrected chi connectivity index (χ3v) is 3.61. The van der Waals surface area contributed by atoms with Gasteiger partial charge in [-0.1, -0.05) is 42.5 Å². The molecule has 3 rings (SSSR count). The molecule has 0 radical (unpaired) electrons. The lowest BCUT2D eigenvalue weighted by Gasteiger charge is -2.23. The number of benzene rings is 2. The fraction of sp³-hybridized carbons (Fsp3) is 0.167. The van der Waals surface area contributed by atoms with Crippen molar-refractivity contribution in [3.8, 4) is 5.75 Å². The number of para-hydroxylation sites is 1. The molecule has 2 aromatic rings. The van der Waals surface area contributed by atoms with Crippen molar-refractivity contribution in [2.75, 3.05) is 7.11 Å². The number of nitrogens with zero attached hydrogens (tertiary/aromatic N) is 1. The summed E-state index contributed by atoms with van der Waals surface area (Å²) in [5.74, 6) is 0.717. The molecule has 0 saturated carbocycles. The average Bonchev–Trinajstić information content (AvgIpc) is 2.59. The molecule has 0 aromatic heterocycles. The highest BCUT2D eigenvalue weighted by atomic mass is 16.6. The molecule has 0 fully saturated rings. The predicted molar refractivity (Wildman–Crippen MR) is 84.2 cm³/mol. The van der Waals surface area contributed by atoms with Crippen LogP contribution in [0.15, 0.2) is 54.7 Å². The van der Waals surface area contributed by atoms with E-state index < -0.39 is 0 Å². The van der Waals surface area contributed by atoms with Gasteiger partial charge in [0.15, 0.2) is 0 Å². The minimum absolute atomic E-state index is 0.189. The molecule has 0 spiro atoms. The second-order valence-corrected chi connectivity index (χ2v) is 5.01. The molecule has 1 amide bonds. The zero-order valence-electron chi connectivity index (χ0n) is 12.4. The van der Waals surface area contributed by atoms with Crippen molar-refractivity contribution >= 4 is 12.2 Å². The normalized spacial score (nSPS) is 12.7. The van der Waals surface area contributed by atoms with Gasteiger partial charge >= 0.3 is 6.09 Å². The maximum absolute atomic E-state index is 12.2. The second-order valence-electron chi connectivity index (χ2n) is 5.01. The van der Waals surface area contributed by atoms with Crippen molar-refractivity contribution in [2.24, 2.45) is 0 Å².